The van der Waals surface area contributed by atoms with Crippen LogP contribution in [0.5, 0.6) is 5.75 Å². The van der Waals surface area contributed by atoms with Crippen molar-refractivity contribution in [2.75, 3.05) is 12.9 Å². The van der Waals surface area contributed by atoms with Gasteiger partial charge in [0, 0.05) is 10.6 Å². The fourth-order valence-electron chi connectivity index (χ4n) is 1.54. The van der Waals surface area contributed by atoms with Gasteiger partial charge < -0.3 is 9.84 Å². The highest BCUT2D eigenvalue weighted by molar-refractivity contribution is 7.85. The zero-order valence-electron chi connectivity index (χ0n) is 10.7. The van der Waals surface area contributed by atoms with E-state index >= 15 is 0 Å². The van der Waals surface area contributed by atoms with Crippen molar-refractivity contribution in [1.82, 2.24) is 15.0 Å². The number of ether oxygens (including phenoxy) is 1. The van der Waals surface area contributed by atoms with Gasteiger partial charge in [-0.1, -0.05) is 11.3 Å². The molecule has 1 heterocycles. The number of nitrogens with zero attached hydrogens (tertiary/aromatic N) is 3. The standard InChI is InChI=1S/C12H13N3O4S/c1-19-9-3-2-4-10(7-9)20(18)6-5-15-8-11(12(16)17)13-14-15/h2-4,7-8H,5-6H2,1H3,(H,16,17). The summed E-state index contributed by atoms with van der Waals surface area (Å²) in [5.41, 5.74) is -0.128. The van der Waals surface area contributed by atoms with E-state index in [0.717, 1.165) is 0 Å². The van der Waals surface area contributed by atoms with Crippen molar-refractivity contribution in [3.63, 3.8) is 0 Å². The van der Waals surface area contributed by atoms with E-state index in [1.165, 1.54) is 10.9 Å². The van der Waals surface area contributed by atoms with Crippen molar-refractivity contribution < 1.29 is 18.8 Å². The molecule has 1 N–H and O–H groups in total. The van der Waals surface area contributed by atoms with Crippen LogP contribution in [0.15, 0.2) is 35.4 Å². The molecule has 0 amide bonds. The molecule has 0 spiro atoms. The molecule has 1 aromatic carbocycles. The van der Waals surface area contributed by atoms with Crippen LogP contribution in [-0.2, 0) is 17.3 Å². The Balaban J connectivity index is 1.98. The molecule has 106 valence electrons. The summed E-state index contributed by atoms with van der Waals surface area (Å²) in [6.45, 7) is 0.324. The number of carbonyl (C=O) groups is 1. The van der Waals surface area contributed by atoms with Crippen molar-refractivity contribution in [1.29, 1.82) is 0 Å². The van der Waals surface area contributed by atoms with E-state index < -0.39 is 16.8 Å². The third-order valence-corrected chi connectivity index (χ3v) is 3.90. The molecule has 0 aliphatic heterocycles. The number of carboxylic acid groups (broad SMARTS) is 1. The van der Waals surface area contributed by atoms with E-state index in [9.17, 15) is 9.00 Å². The number of aromatic nitrogens is 3. The van der Waals surface area contributed by atoms with Crippen molar-refractivity contribution in [3.8, 4) is 5.75 Å². The highest BCUT2D eigenvalue weighted by Gasteiger charge is 2.10. The smallest absolute Gasteiger partial charge is 0.358 e. The van der Waals surface area contributed by atoms with Gasteiger partial charge in [0.1, 0.15) is 5.75 Å². The molecule has 20 heavy (non-hydrogen) atoms. The Hall–Kier alpha value is -2.22. The second-order valence-electron chi connectivity index (χ2n) is 3.90. The predicted octanol–water partition coefficient (Wildman–Crippen LogP) is 0.793. The van der Waals surface area contributed by atoms with Gasteiger partial charge in [-0.15, -0.1) is 5.10 Å². The van der Waals surface area contributed by atoms with Crippen LogP contribution in [0.4, 0.5) is 0 Å². The fraction of sp³-hybridized carbons (Fsp3) is 0.250. The van der Waals surface area contributed by atoms with Crippen LogP contribution >= 0.6 is 0 Å². The zero-order chi connectivity index (χ0) is 14.5. The summed E-state index contributed by atoms with van der Waals surface area (Å²) in [7, 11) is 0.333. The molecule has 2 aromatic rings. The van der Waals surface area contributed by atoms with Crippen LogP contribution in [0.1, 0.15) is 10.5 Å². The molecule has 7 nitrogen and oxygen atoms in total. The van der Waals surface area contributed by atoms with E-state index in [-0.39, 0.29) is 5.69 Å². The van der Waals surface area contributed by atoms with Gasteiger partial charge in [0.15, 0.2) is 5.69 Å². The van der Waals surface area contributed by atoms with Crippen molar-refractivity contribution in [2.45, 2.75) is 11.4 Å². The summed E-state index contributed by atoms with van der Waals surface area (Å²) < 4.78 is 18.5. The molecule has 1 unspecified atom stereocenters. The number of methoxy groups -OCH3 is 1. The van der Waals surface area contributed by atoms with E-state index in [2.05, 4.69) is 10.3 Å². The number of aromatic carboxylic acids is 1. The van der Waals surface area contributed by atoms with Gasteiger partial charge >= 0.3 is 5.97 Å². The average molecular weight is 295 g/mol. The third-order valence-electron chi connectivity index (χ3n) is 2.57. The molecule has 0 aliphatic rings. The van der Waals surface area contributed by atoms with Crippen LogP contribution < -0.4 is 4.74 Å². The topological polar surface area (TPSA) is 94.3 Å². The Morgan fingerprint density at radius 2 is 2.30 bits per heavy atom. The lowest BCUT2D eigenvalue weighted by Gasteiger charge is -2.04. The van der Waals surface area contributed by atoms with Crippen LogP contribution in [0.25, 0.3) is 0 Å². The summed E-state index contributed by atoms with van der Waals surface area (Å²) in [5.74, 6) is -0.176. The first-order valence-electron chi connectivity index (χ1n) is 5.76. The maximum absolute atomic E-state index is 12.1. The number of aryl methyl sites for hydroxylation is 1. The minimum absolute atomic E-state index is 0.128. The molecule has 0 saturated carbocycles. The lowest BCUT2D eigenvalue weighted by atomic mass is 10.3. The first-order chi connectivity index (χ1) is 9.60. The van der Waals surface area contributed by atoms with Crippen molar-refractivity contribution in [3.05, 3.63) is 36.2 Å². The Bertz CT molecular complexity index is 641. The van der Waals surface area contributed by atoms with E-state index in [4.69, 9.17) is 9.84 Å². The third kappa shape index (κ3) is 3.41. The minimum atomic E-state index is -1.21. The van der Waals surface area contributed by atoms with Gasteiger partial charge in [0.25, 0.3) is 0 Å². The fourth-order valence-corrected chi connectivity index (χ4v) is 2.61. The number of hydrogen-bond donors (Lipinski definition) is 1. The van der Waals surface area contributed by atoms with Crippen LogP contribution in [0.3, 0.4) is 0 Å². The predicted molar refractivity (Wildman–Crippen MR) is 71.3 cm³/mol. The largest absolute Gasteiger partial charge is 0.497 e. The Labute approximate surface area is 117 Å². The van der Waals surface area contributed by atoms with E-state index in [1.807, 2.05) is 0 Å². The monoisotopic (exact) mass is 295 g/mol. The van der Waals surface area contributed by atoms with Gasteiger partial charge in [-0.3, -0.25) is 8.89 Å². The first-order valence-corrected chi connectivity index (χ1v) is 7.08. The Kier molecular flexibility index (Phi) is 4.46. The van der Waals surface area contributed by atoms with Crippen LogP contribution in [0.2, 0.25) is 0 Å². The summed E-state index contributed by atoms with van der Waals surface area (Å²) in [5, 5.41) is 15.9. The van der Waals surface area contributed by atoms with Crippen LogP contribution in [0, 0.1) is 0 Å². The zero-order valence-corrected chi connectivity index (χ0v) is 11.5. The Morgan fingerprint density at radius 1 is 1.50 bits per heavy atom. The molecule has 0 aliphatic carbocycles. The lowest BCUT2D eigenvalue weighted by molar-refractivity contribution is 0.0690. The Morgan fingerprint density at radius 3 is 2.95 bits per heavy atom. The van der Waals surface area contributed by atoms with E-state index in [1.54, 1.807) is 31.4 Å². The second-order valence-corrected chi connectivity index (χ2v) is 5.47. The molecule has 1 aromatic heterocycles. The molecule has 2 rings (SSSR count). The number of rotatable bonds is 6. The first kappa shape index (κ1) is 14.2. The van der Waals surface area contributed by atoms with Crippen molar-refractivity contribution >= 4 is 16.8 Å². The maximum Gasteiger partial charge on any atom is 0.358 e. The minimum Gasteiger partial charge on any atom is -0.497 e. The highest BCUT2D eigenvalue weighted by Crippen LogP contribution is 2.15. The number of carboxylic acids is 1. The lowest BCUT2D eigenvalue weighted by Crippen LogP contribution is -2.08. The number of hydrogen-bond acceptors (Lipinski definition) is 5. The van der Waals surface area contributed by atoms with Crippen LogP contribution in [-0.4, -0.2) is 43.1 Å². The second kappa shape index (κ2) is 6.29. The maximum atomic E-state index is 12.1. The highest BCUT2D eigenvalue weighted by atomic mass is 32.2. The van der Waals surface area contributed by atoms with Gasteiger partial charge in [-0.25, -0.2) is 4.79 Å². The SMILES string of the molecule is COc1cccc(S(=O)CCn2cc(C(=O)O)nn2)c1. The quantitative estimate of drug-likeness (QED) is 0.846. The number of benzene rings is 1. The van der Waals surface area contributed by atoms with Gasteiger partial charge in [0.05, 0.1) is 30.7 Å². The molecule has 0 radical (unpaired) electrons. The van der Waals surface area contributed by atoms with E-state index in [0.29, 0.717) is 22.9 Å². The molecule has 0 saturated heterocycles. The summed E-state index contributed by atoms with van der Waals surface area (Å²) in [6, 6.07) is 7.00. The van der Waals surface area contributed by atoms with Gasteiger partial charge in [-0.05, 0) is 18.2 Å². The molecular formula is C12H13N3O4S. The van der Waals surface area contributed by atoms with Gasteiger partial charge in [-0.2, -0.15) is 0 Å². The molecular weight excluding hydrogens is 282 g/mol. The molecule has 0 fully saturated rings. The van der Waals surface area contributed by atoms with Crippen molar-refractivity contribution in [2.24, 2.45) is 0 Å². The molecule has 1 atom stereocenters. The molecule has 0 bridgehead atoms. The summed E-state index contributed by atoms with van der Waals surface area (Å²) >= 11 is 0. The normalized spacial score (nSPS) is 12.1. The summed E-state index contributed by atoms with van der Waals surface area (Å²) in [6.07, 6.45) is 1.31. The summed E-state index contributed by atoms with van der Waals surface area (Å²) in [4.78, 5) is 11.3. The average Bonchev–Trinajstić information content (AvgIpc) is 2.94. The molecule has 8 heteroatoms. The van der Waals surface area contributed by atoms with Gasteiger partial charge in [0.2, 0.25) is 0 Å².